The zero-order valence-electron chi connectivity index (χ0n) is 13.7. The minimum atomic E-state index is -0.132. The zero-order chi connectivity index (χ0) is 16.5. The van der Waals surface area contributed by atoms with Gasteiger partial charge in [0.25, 0.3) is 0 Å². The van der Waals surface area contributed by atoms with Crippen molar-refractivity contribution in [3.05, 3.63) is 11.5 Å². The minimum absolute atomic E-state index is 0.104. The highest BCUT2D eigenvalue weighted by molar-refractivity contribution is 6.28. The van der Waals surface area contributed by atoms with E-state index in [-0.39, 0.29) is 17.6 Å². The van der Waals surface area contributed by atoms with Crippen molar-refractivity contribution < 1.29 is 9.47 Å². The number of ether oxygens (including phenoxy) is 2. The Morgan fingerprint density at radius 3 is 2.92 bits per heavy atom. The molecule has 7 nitrogen and oxygen atoms in total. The van der Waals surface area contributed by atoms with Crippen molar-refractivity contribution in [2.24, 2.45) is 0 Å². The summed E-state index contributed by atoms with van der Waals surface area (Å²) in [7, 11) is 1.69. The molecular weight excluding hydrogens is 330 g/mol. The number of anilines is 1. The molecule has 2 fully saturated rings. The van der Waals surface area contributed by atoms with Gasteiger partial charge in [0.2, 0.25) is 5.28 Å². The molecule has 0 amide bonds. The Labute approximate surface area is 145 Å². The number of hydrogen-bond donors (Lipinski definition) is 1. The molecule has 1 saturated heterocycles. The van der Waals surface area contributed by atoms with E-state index in [1.54, 1.807) is 13.3 Å². The normalized spacial score (nSPS) is 24.9. The molecular formula is C16H22ClN5O2. The van der Waals surface area contributed by atoms with Crippen LogP contribution in [0, 0.1) is 0 Å². The molecule has 2 atom stereocenters. The minimum Gasteiger partial charge on any atom is -0.382 e. The summed E-state index contributed by atoms with van der Waals surface area (Å²) in [4.78, 5) is 8.77. The van der Waals surface area contributed by atoms with Gasteiger partial charge < -0.3 is 14.8 Å². The number of rotatable bonds is 5. The number of nitrogens with zero attached hydrogens (tertiary/aromatic N) is 4. The highest BCUT2D eigenvalue weighted by Crippen LogP contribution is 2.33. The summed E-state index contributed by atoms with van der Waals surface area (Å²) in [6, 6.07) is 0.455. The Hall–Kier alpha value is -1.44. The van der Waals surface area contributed by atoms with Gasteiger partial charge in [-0.2, -0.15) is 15.1 Å². The smallest absolute Gasteiger partial charge is 0.226 e. The van der Waals surface area contributed by atoms with E-state index < -0.39 is 0 Å². The first-order valence-corrected chi connectivity index (χ1v) is 8.94. The second-order valence-electron chi connectivity index (χ2n) is 6.54. The topological polar surface area (TPSA) is 74.1 Å². The van der Waals surface area contributed by atoms with Crippen molar-refractivity contribution in [3.63, 3.8) is 0 Å². The number of halogens is 1. The van der Waals surface area contributed by atoms with E-state index in [0.29, 0.717) is 12.6 Å². The first kappa shape index (κ1) is 16.1. The molecule has 1 N–H and O–H groups in total. The molecule has 1 unspecified atom stereocenters. The standard InChI is InChI=1S/C16H22ClN5O2/c1-23-9-11-6-7-13(24-11)22-15-12(8-18-22)14(20-16(17)21-15)19-10-4-2-3-5-10/h8,10-11,13H,2-7,9H2,1H3,(H,19,20,21)/t11-,13?/m0/s1. The lowest BCUT2D eigenvalue weighted by Crippen LogP contribution is -2.17. The maximum absolute atomic E-state index is 6.16. The molecule has 2 aromatic heterocycles. The number of methoxy groups -OCH3 is 1. The molecule has 4 rings (SSSR count). The molecule has 130 valence electrons. The second-order valence-corrected chi connectivity index (χ2v) is 6.88. The molecule has 2 aliphatic rings. The van der Waals surface area contributed by atoms with Gasteiger partial charge in [-0.05, 0) is 37.3 Å². The van der Waals surface area contributed by atoms with E-state index in [9.17, 15) is 0 Å². The van der Waals surface area contributed by atoms with Gasteiger partial charge in [-0.15, -0.1) is 0 Å². The van der Waals surface area contributed by atoms with Crippen LogP contribution in [-0.2, 0) is 9.47 Å². The molecule has 0 aromatic carbocycles. The van der Waals surface area contributed by atoms with Crippen LogP contribution in [0.4, 0.5) is 5.82 Å². The Morgan fingerprint density at radius 2 is 2.12 bits per heavy atom. The Kier molecular flexibility index (Phi) is 4.56. The van der Waals surface area contributed by atoms with Gasteiger partial charge in [-0.25, -0.2) is 4.68 Å². The predicted molar refractivity (Wildman–Crippen MR) is 91.2 cm³/mol. The van der Waals surface area contributed by atoms with Crippen molar-refractivity contribution in [1.82, 2.24) is 19.7 Å². The summed E-state index contributed by atoms with van der Waals surface area (Å²) in [5, 5.41) is 9.13. The lowest BCUT2D eigenvalue weighted by molar-refractivity contribution is -0.0350. The first-order valence-electron chi connectivity index (χ1n) is 8.56. The molecule has 3 heterocycles. The van der Waals surface area contributed by atoms with Crippen LogP contribution in [0.5, 0.6) is 0 Å². The highest BCUT2D eigenvalue weighted by atomic mass is 35.5. The van der Waals surface area contributed by atoms with Crippen LogP contribution in [0.15, 0.2) is 6.20 Å². The number of fused-ring (bicyclic) bond motifs is 1. The van der Waals surface area contributed by atoms with Crippen molar-refractivity contribution in [3.8, 4) is 0 Å². The van der Waals surface area contributed by atoms with E-state index in [1.807, 2.05) is 4.68 Å². The zero-order valence-corrected chi connectivity index (χ0v) is 14.5. The molecule has 24 heavy (non-hydrogen) atoms. The fourth-order valence-electron chi connectivity index (χ4n) is 3.66. The van der Waals surface area contributed by atoms with Gasteiger partial charge in [-0.1, -0.05) is 12.8 Å². The third kappa shape index (κ3) is 3.08. The van der Waals surface area contributed by atoms with E-state index in [1.165, 1.54) is 25.7 Å². The van der Waals surface area contributed by atoms with Crippen molar-refractivity contribution in [2.45, 2.75) is 56.9 Å². The van der Waals surface area contributed by atoms with Crippen molar-refractivity contribution in [1.29, 1.82) is 0 Å². The largest absolute Gasteiger partial charge is 0.382 e. The molecule has 0 spiro atoms. The van der Waals surface area contributed by atoms with E-state index in [4.69, 9.17) is 21.1 Å². The fraction of sp³-hybridized carbons (Fsp3) is 0.688. The van der Waals surface area contributed by atoms with Crippen molar-refractivity contribution >= 4 is 28.5 Å². The Morgan fingerprint density at radius 1 is 1.29 bits per heavy atom. The third-order valence-corrected chi connectivity index (χ3v) is 5.00. The van der Waals surface area contributed by atoms with Crippen LogP contribution in [0.2, 0.25) is 5.28 Å². The average molecular weight is 352 g/mol. The van der Waals surface area contributed by atoms with Crippen LogP contribution < -0.4 is 5.32 Å². The van der Waals surface area contributed by atoms with Gasteiger partial charge in [0.05, 0.1) is 24.3 Å². The number of hydrogen-bond acceptors (Lipinski definition) is 6. The quantitative estimate of drug-likeness (QED) is 0.834. The van der Waals surface area contributed by atoms with Crippen LogP contribution in [0.3, 0.4) is 0 Å². The Balaban J connectivity index is 1.62. The maximum Gasteiger partial charge on any atom is 0.226 e. The van der Waals surface area contributed by atoms with Crippen LogP contribution >= 0.6 is 11.6 Å². The van der Waals surface area contributed by atoms with Gasteiger partial charge in [0.1, 0.15) is 5.82 Å². The summed E-state index contributed by atoms with van der Waals surface area (Å²) in [6.07, 6.45) is 8.47. The molecule has 1 saturated carbocycles. The Bertz CT molecular complexity index is 716. The van der Waals surface area contributed by atoms with Gasteiger partial charge in [0.15, 0.2) is 11.9 Å². The van der Waals surface area contributed by atoms with Crippen LogP contribution in [-0.4, -0.2) is 45.6 Å². The number of aromatic nitrogens is 4. The summed E-state index contributed by atoms with van der Waals surface area (Å²) >= 11 is 6.16. The van der Waals surface area contributed by atoms with Gasteiger partial charge in [0, 0.05) is 13.2 Å². The second kappa shape index (κ2) is 6.82. The molecule has 8 heteroatoms. The summed E-state index contributed by atoms with van der Waals surface area (Å²) in [5.41, 5.74) is 0.721. The van der Waals surface area contributed by atoms with Crippen molar-refractivity contribution in [2.75, 3.05) is 19.0 Å². The SMILES string of the molecule is COC[C@@H]1CCC(n2ncc3c(NC4CCCC4)nc(Cl)nc32)O1. The van der Waals surface area contributed by atoms with E-state index in [0.717, 1.165) is 29.7 Å². The lowest BCUT2D eigenvalue weighted by atomic mass is 10.2. The van der Waals surface area contributed by atoms with Gasteiger partial charge >= 0.3 is 0 Å². The molecule has 0 radical (unpaired) electrons. The first-order chi connectivity index (χ1) is 11.7. The highest BCUT2D eigenvalue weighted by Gasteiger charge is 2.29. The molecule has 0 bridgehead atoms. The van der Waals surface area contributed by atoms with Crippen LogP contribution in [0.1, 0.15) is 44.8 Å². The van der Waals surface area contributed by atoms with E-state index in [2.05, 4.69) is 20.4 Å². The third-order valence-electron chi connectivity index (χ3n) is 4.83. The predicted octanol–water partition coefficient (Wildman–Crippen LogP) is 3.16. The molecule has 2 aromatic rings. The summed E-state index contributed by atoms with van der Waals surface area (Å²) in [5.74, 6) is 0.773. The monoisotopic (exact) mass is 351 g/mol. The van der Waals surface area contributed by atoms with Gasteiger partial charge in [-0.3, -0.25) is 0 Å². The summed E-state index contributed by atoms with van der Waals surface area (Å²) < 4.78 is 13.0. The molecule has 1 aliphatic carbocycles. The maximum atomic E-state index is 6.16. The molecule has 1 aliphatic heterocycles. The summed E-state index contributed by atoms with van der Waals surface area (Å²) in [6.45, 7) is 0.597. The number of nitrogens with one attached hydrogen (secondary N) is 1. The fourth-order valence-corrected chi connectivity index (χ4v) is 3.82. The average Bonchev–Trinajstić information content (AvgIpc) is 3.27. The van der Waals surface area contributed by atoms with Crippen LogP contribution in [0.25, 0.3) is 11.0 Å². The lowest BCUT2D eigenvalue weighted by Gasteiger charge is -2.15. The van der Waals surface area contributed by atoms with E-state index >= 15 is 0 Å².